The molecule has 0 aliphatic heterocycles. The van der Waals surface area contributed by atoms with Crippen molar-refractivity contribution in [2.45, 2.75) is 24.4 Å². The summed E-state index contributed by atoms with van der Waals surface area (Å²) < 4.78 is 0. The molecule has 0 radical (unpaired) electrons. The van der Waals surface area contributed by atoms with Gasteiger partial charge < -0.3 is 11.1 Å². The second kappa shape index (κ2) is 6.42. The van der Waals surface area contributed by atoms with E-state index in [4.69, 9.17) is 11.1 Å². The Morgan fingerprint density at radius 1 is 1.40 bits per heavy atom. The van der Waals surface area contributed by atoms with Crippen molar-refractivity contribution >= 4 is 23.8 Å². The van der Waals surface area contributed by atoms with Gasteiger partial charge in [0.1, 0.15) is 12.1 Å². The third-order valence-electron chi connectivity index (χ3n) is 2.98. The van der Waals surface area contributed by atoms with Crippen LogP contribution in [-0.2, 0) is 6.42 Å². The van der Waals surface area contributed by atoms with E-state index < -0.39 is 0 Å². The molecule has 104 valence electrons. The number of nitrogens with one attached hydrogen (secondary N) is 1. The summed E-state index contributed by atoms with van der Waals surface area (Å²) in [6.07, 6.45) is 6.99. The van der Waals surface area contributed by atoms with Crippen LogP contribution in [0.5, 0.6) is 0 Å². The minimum absolute atomic E-state index is 0.164. The van der Waals surface area contributed by atoms with Gasteiger partial charge in [-0.3, -0.25) is 0 Å². The zero-order valence-corrected chi connectivity index (χ0v) is 12.2. The van der Waals surface area contributed by atoms with Crippen LogP contribution in [0.15, 0.2) is 23.7 Å². The molecule has 0 aliphatic carbocycles. The third-order valence-corrected chi connectivity index (χ3v) is 3.55. The molecule has 20 heavy (non-hydrogen) atoms. The van der Waals surface area contributed by atoms with E-state index in [-0.39, 0.29) is 5.92 Å². The highest BCUT2D eigenvalue weighted by Crippen LogP contribution is 2.21. The van der Waals surface area contributed by atoms with Gasteiger partial charge in [0.05, 0.1) is 11.3 Å². The van der Waals surface area contributed by atoms with Gasteiger partial charge in [-0.2, -0.15) is 0 Å². The fraction of sp³-hybridized carbons (Fsp3) is 0.308. The van der Waals surface area contributed by atoms with Crippen molar-refractivity contribution in [2.24, 2.45) is 0 Å². The zero-order valence-electron chi connectivity index (χ0n) is 11.4. The van der Waals surface area contributed by atoms with Crippen LogP contribution in [0.1, 0.15) is 29.8 Å². The molecule has 7 heteroatoms. The van der Waals surface area contributed by atoms with E-state index in [1.54, 1.807) is 6.20 Å². The van der Waals surface area contributed by atoms with Crippen LogP contribution in [0, 0.1) is 5.41 Å². The molecular formula is C13H16N6S. The smallest absolute Gasteiger partial charge is 0.187 e. The first-order valence-electron chi connectivity index (χ1n) is 6.12. The quantitative estimate of drug-likeness (QED) is 0.495. The summed E-state index contributed by atoms with van der Waals surface area (Å²) in [5, 5.41) is 8.18. The van der Waals surface area contributed by atoms with Crippen LogP contribution in [0.2, 0.25) is 0 Å². The molecule has 0 bridgehead atoms. The largest absolute Gasteiger partial charge is 0.383 e. The van der Waals surface area contributed by atoms with E-state index >= 15 is 0 Å². The minimum Gasteiger partial charge on any atom is -0.383 e. The number of rotatable bonds is 5. The minimum atomic E-state index is 0.164. The number of hydrogen-bond acceptors (Lipinski definition) is 7. The molecule has 0 spiro atoms. The molecule has 1 atom stereocenters. The summed E-state index contributed by atoms with van der Waals surface area (Å²) in [6, 6.07) is 1.90. The lowest BCUT2D eigenvalue weighted by molar-refractivity contribution is 0.693. The molecule has 3 N–H and O–H groups in total. The number of thioether (sulfide) groups is 1. The van der Waals surface area contributed by atoms with Gasteiger partial charge in [-0.05, 0) is 18.7 Å². The molecule has 2 aromatic rings. The third kappa shape index (κ3) is 3.11. The van der Waals surface area contributed by atoms with Gasteiger partial charge in [-0.25, -0.2) is 19.9 Å². The normalized spacial score (nSPS) is 12.1. The van der Waals surface area contributed by atoms with E-state index in [1.807, 2.05) is 12.3 Å². The maximum atomic E-state index is 7.42. The van der Waals surface area contributed by atoms with Gasteiger partial charge in [0, 0.05) is 24.0 Å². The molecule has 0 aliphatic rings. The molecule has 0 aromatic carbocycles. The Kier molecular flexibility index (Phi) is 4.62. The first kappa shape index (κ1) is 14.4. The molecule has 1 unspecified atom stereocenters. The molecule has 0 amide bonds. The van der Waals surface area contributed by atoms with Gasteiger partial charge in [0.15, 0.2) is 5.16 Å². The van der Waals surface area contributed by atoms with Crippen molar-refractivity contribution in [1.29, 1.82) is 5.41 Å². The van der Waals surface area contributed by atoms with Crippen LogP contribution >= 0.6 is 11.8 Å². The maximum Gasteiger partial charge on any atom is 0.187 e. The average Bonchev–Trinajstić information content (AvgIpc) is 2.47. The lowest BCUT2D eigenvalue weighted by atomic mass is 9.99. The number of nitrogens with zero attached hydrogens (tertiary/aromatic N) is 4. The van der Waals surface area contributed by atoms with Gasteiger partial charge in [0.2, 0.25) is 0 Å². The van der Waals surface area contributed by atoms with E-state index in [0.29, 0.717) is 17.8 Å². The Morgan fingerprint density at radius 2 is 2.20 bits per heavy atom. The number of nitrogens with two attached hydrogens (primary N) is 1. The summed E-state index contributed by atoms with van der Waals surface area (Å²) in [7, 11) is 0. The summed E-state index contributed by atoms with van der Waals surface area (Å²) in [5.74, 6) is 0.501. The van der Waals surface area contributed by atoms with E-state index in [0.717, 1.165) is 16.5 Å². The molecule has 2 heterocycles. The number of anilines is 1. The van der Waals surface area contributed by atoms with Crippen molar-refractivity contribution in [2.75, 3.05) is 12.0 Å². The van der Waals surface area contributed by atoms with Crippen molar-refractivity contribution < 1.29 is 0 Å². The second-order valence-electron chi connectivity index (χ2n) is 4.34. The predicted octanol–water partition coefficient (Wildman–Crippen LogP) is 1.91. The monoisotopic (exact) mass is 288 g/mol. The number of aromatic nitrogens is 4. The SMILES string of the molecule is CSc1nccc(C(C)Cc2ncnc(N)c2C=N)n1. The van der Waals surface area contributed by atoms with Crippen molar-refractivity contribution in [3.63, 3.8) is 0 Å². The summed E-state index contributed by atoms with van der Waals surface area (Å²) in [5.41, 5.74) is 8.07. The Balaban J connectivity index is 2.25. The van der Waals surface area contributed by atoms with Crippen LogP contribution in [0.4, 0.5) is 5.82 Å². The highest BCUT2D eigenvalue weighted by atomic mass is 32.2. The first-order chi connectivity index (χ1) is 9.65. The molecule has 6 nitrogen and oxygen atoms in total. The van der Waals surface area contributed by atoms with Crippen LogP contribution in [0.25, 0.3) is 0 Å². The van der Waals surface area contributed by atoms with Crippen LogP contribution in [0.3, 0.4) is 0 Å². The second-order valence-corrected chi connectivity index (χ2v) is 5.11. The van der Waals surface area contributed by atoms with Crippen molar-refractivity contribution in [3.8, 4) is 0 Å². The molecule has 2 aromatic heterocycles. The summed E-state index contributed by atoms with van der Waals surface area (Å²) in [4.78, 5) is 16.8. The maximum absolute atomic E-state index is 7.42. The molecule has 2 rings (SSSR count). The Hall–Kier alpha value is -2.02. The summed E-state index contributed by atoms with van der Waals surface area (Å²) in [6.45, 7) is 2.07. The van der Waals surface area contributed by atoms with Gasteiger partial charge in [-0.1, -0.05) is 18.7 Å². The standard InChI is InChI=1S/C13H16N6S/c1-8(10-3-4-16-13(19-10)20-2)5-11-9(6-14)12(15)18-7-17-11/h3-4,6-8,14H,5H2,1-2H3,(H2,15,17,18). The topological polar surface area (TPSA) is 101 Å². The molecule has 0 saturated carbocycles. The summed E-state index contributed by atoms with van der Waals surface area (Å²) >= 11 is 1.51. The highest BCUT2D eigenvalue weighted by molar-refractivity contribution is 7.98. The van der Waals surface area contributed by atoms with Gasteiger partial charge in [-0.15, -0.1) is 0 Å². The van der Waals surface area contributed by atoms with E-state index in [9.17, 15) is 0 Å². The fourth-order valence-electron chi connectivity index (χ4n) is 1.89. The average molecular weight is 288 g/mol. The Morgan fingerprint density at radius 3 is 2.90 bits per heavy atom. The predicted molar refractivity (Wildman–Crippen MR) is 80.3 cm³/mol. The number of nitrogen functional groups attached to an aromatic ring is 1. The fourth-order valence-corrected chi connectivity index (χ4v) is 2.25. The lowest BCUT2D eigenvalue weighted by Crippen LogP contribution is -2.09. The van der Waals surface area contributed by atoms with Gasteiger partial charge in [0.25, 0.3) is 0 Å². The van der Waals surface area contributed by atoms with E-state index in [1.165, 1.54) is 24.3 Å². The highest BCUT2D eigenvalue weighted by Gasteiger charge is 2.14. The molecule has 0 fully saturated rings. The first-order valence-corrected chi connectivity index (χ1v) is 7.35. The Labute approximate surface area is 121 Å². The van der Waals surface area contributed by atoms with Gasteiger partial charge >= 0.3 is 0 Å². The van der Waals surface area contributed by atoms with Crippen LogP contribution < -0.4 is 5.73 Å². The number of hydrogen-bond donors (Lipinski definition) is 2. The van der Waals surface area contributed by atoms with E-state index in [2.05, 4.69) is 26.9 Å². The molecular weight excluding hydrogens is 272 g/mol. The molecule has 0 saturated heterocycles. The lowest BCUT2D eigenvalue weighted by Gasteiger charge is -2.13. The van der Waals surface area contributed by atoms with Crippen molar-refractivity contribution in [3.05, 3.63) is 35.5 Å². The Bertz CT molecular complexity index is 616. The van der Waals surface area contributed by atoms with Crippen LogP contribution in [-0.4, -0.2) is 32.4 Å². The zero-order chi connectivity index (χ0) is 14.5. The van der Waals surface area contributed by atoms with Crippen molar-refractivity contribution in [1.82, 2.24) is 19.9 Å².